The Morgan fingerprint density at radius 2 is 1.66 bits per heavy atom. The summed E-state index contributed by atoms with van der Waals surface area (Å²) in [4.78, 5) is 24.0. The molecule has 0 atom stereocenters. The number of amides is 1. The summed E-state index contributed by atoms with van der Waals surface area (Å²) in [6.07, 6.45) is -4.37. The highest BCUT2D eigenvalue weighted by atomic mass is 35.5. The number of hydrogen-bond acceptors (Lipinski definition) is 4. The maximum Gasteiger partial charge on any atom is 0.417 e. The van der Waals surface area contributed by atoms with E-state index in [4.69, 9.17) is 21.1 Å². The first-order chi connectivity index (χ1) is 13.7. The molecule has 29 heavy (non-hydrogen) atoms. The molecule has 0 aliphatic heterocycles. The zero-order chi connectivity index (χ0) is 21.6. The molecule has 0 unspecified atom stereocenters. The summed E-state index contributed by atoms with van der Waals surface area (Å²) in [5.41, 5.74) is -0.0372. The van der Waals surface area contributed by atoms with Crippen molar-refractivity contribution >= 4 is 23.3 Å². The predicted molar refractivity (Wildman–Crippen MR) is 101 cm³/mol. The number of benzene rings is 2. The second kappa shape index (κ2) is 9.65. The van der Waals surface area contributed by atoms with E-state index < -0.39 is 28.5 Å². The molecule has 0 aromatic heterocycles. The molecule has 156 valence electrons. The van der Waals surface area contributed by atoms with E-state index in [1.807, 2.05) is 0 Å². The summed E-state index contributed by atoms with van der Waals surface area (Å²) >= 11 is 5.56. The van der Waals surface area contributed by atoms with Gasteiger partial charge in [-0.1, -0.05) is 23.7 Å². The maximum absolute atomic E-state index is 12.9. The van der Waals surface area contributed by atoms with E-state index in [2.05, 4.69) is 5.32 Å². The topological polar surface area (TPSA) is 64.6 Å². The fourth-order valence-electron chi connectivity index (χ4n) is 2.59. The van der Waals surface area contributed by atoms with Crippen LogP contribution in [-0.2, 0) is 28.7 Å². The van der Waals surface area contributed by atoms with Gasteiger partial charge in [-0.25, -0.2) is 0 Å². The Hall–Kier alpha value is -2.74. The first kappa shape index (κ1) is 22.5. The normalized spacial score (nSPS) is 11.1. The van der Waals surface area contributed by atoms with E-state index in [1.165, 1.54) is 20.3 Å². The molecule has 9 heteroatoms. The van der Waals surface area contributed by atoms with Crippen LogP contribution in [0.5, 0.6) is 11.5 Å². The van der Waals surface area contributed by atoms with Crippen molar-refractivity contribution in [2.24, 2.45) is 0 Å². The number of Topliss-reactive ketones (excluding diaryl/α,β-unsaturated/α-hetero) is 1. The average Bonchev–Trinajstić information content (AvgIpc) is 2.69. The summed E-state index contributed by atoms with van der Waals surface area (Å²) in [6.45, 7) is -0.221. The van der Waals surface area contributed by atoms with Gasteiger partial charge in [-0.2, -0.15) is 13.2 Å². The van der Waals surface area contributed by atoms with Crippen molar-refractivity contribution in [3.05, 3.63) is 58.1 Å². The van der Waals surface area contributed by atoms with Crippen LogP contribution in [-0.4, -0.2) is 25.9 Å². The van der Waals surface area contributed by atoms with Crippen LogP contribution in [0.1, 0.15) is 23.1 Å². The van der Waals surface area contributed by atoms with Crippen LogP contribution in [0.4, 0.5) is 13.2 Å². The Labute approximate surface area is 170 Å². The smallest absolute Gasteiger partial charge is 0.417 e. The number of methoxy groups -OCH3 is 2. The van der Waals surface area contributed by atoms with E-state index in [1.54, 1.807) is 18.2 Å². The predicted octanol–water partition coefficient (Wildman–Crippen LogP) is 4.19. The van der Waals surface area contributed by atoms with Crippen molar-refractivity contribution in [2.45, 2.75) is 25.6 Å². The van der Waals surface area contributed by atoms with E-state index in [9.17, 15) is 22.8 Å². The van der Waals surface area contributed by atoms with Gasteiger partial charge < -0.3 is 14.8 Å². The first-order valence-corrected chi connectivity index (χ1v) is 8.91. The molecule has 2 aromatic carbocycles. The van der Waals surface area contributed by atoms with Crippen molar-refractivity contribution in [2.75, 3.05) is 14.2 Å². The maximum atomic E-state index is 12.9. The van der Waals surface area contributed by atoms with Crippen LogP contribution < -0.4 is 14.8 Å². The fourth-order valence-corrected chi connectivity index (χ4v) is 2.81. The van der Waals surface area contributed by atoms with Crippen molar-refractivity contribution in [1.29, 1.82) is 0 Å². The molecule has 0 spiro atoms. The lowest BCUT2D eigenvalue weighted by molar-refractivity contribution is -0.138. The van der Waals surface area contributed by atoms with Gasteiger partial charge in [0.05, 0.1) is 24.8 Å². The Bertz CT molecular complexity index is 900. The first-order valence-electron chi connectivity index (χ1n) is 8.53. The molecule has 0 saturated carbocycles. The van der Waals surface area contributed by atoms with E-state index in [-0.39, 0.29) is 18.5 Å². The molecule has 0 bridgehead atoms. The van der Waals surface area contributed by atoms with Crippen LogP contribution in [0.15, 0.2) is 36.4 Å². The molecule has 2 aromatic rings. The van der Waals surface area contributed by atoms with Crippen LogP contribution in [0.25, 0.3) is 0 Å². The van der Waals surface area contributed by atoms with Gasteiger partial charge in [0.1, 0.15) is 0 Å². The standard InChI is InChI=1S/C20H19ClF3NO4/c1-28-17-8-5-12(10-18(17)29-2)4-7-16(26)19(27)25-11-13-3-6-15(21)14(9-13)20(22,23)24/h3,5-6,8-10H,4,7,11H2,1-2H3,(H,25,27). The molecule has 1 amide bonds. The Balaban J connectivity index is 1.92. The summed E-state index contributed by atoms with van der Waals surface area (Å²) in [5, 5.41) is 1.90. The van der Waals surface area contributed by atoms with Crippen molar-refractivity contribution in [1.82, 2.24) is 5.32 Å². The molecule has 0 aliphatic rings. The largest absolute Gasteiger partial charge is 0.493 e. The van der Waals surface area contributed by atoms with Gasteiger partial charge in [-0.05, 0) is 41.8 Å². The lowest BCUT2D eigenvalue weighted by Gasteiger charge is -2.11. The summed E-state index contributed by atoms with van der Waals surface area (Å²) in [7, 11) is 2.99. The van der Waals surface area contributed by atoms with Gasteiger partial charge in [-0.15, -0.1) is 0 Å². The van der Waals surface area contributed by atoms with Gasteiger partial charge in [0, 0.05) is 13.0 Å². The zero-order valence-electron chi connectivity index (χ0n) is 15.7. The Kier molecular flexibility index (Phi) is 7.50. The molecule has 1 N–H and O–H groups in total. The number of carbonyl (C=O) groups excluding carboxylic acids is 2. The highest BCUT2D eigenvalue weighted by Gasteiger charge is 2.33. The molecule has 0 heterocycles. The van der Waals surface area contributed by atoms with E-state index in [0.717, 1.165) is 17.7 Å². The Morgan fingerprint density at radius 1 is 1.00 bits per heavy atom. The molecule has 0 aliphatic carbocycles. The lowest BCUT2D eigenvalue weighted by Crippen LogP contribution is -2.30. The Morgan fingerprint density at radius 3 is 2.28 bits per heavy atom. The monoisotopic (exact) mass is 429 g/mol. The molecule has 2 rings (SSSR count). The zero-order valence-corrected chi connectivity index (χ0v) is 16.5. The third-order valence-electron chi connectivity index (χ3n) is 4.13. The minimum atomic E-state index is -4.60. The highest BCUT2D eigenvalue weighted by Crippen LogP contribution is 2.35. The fraction of sp³-hybridized carbons (Fsp3) is 0.300. The van der Waals surface area contributed by atoms with Crippen LogP contribution in [0.2, 0.25) is 5.02 Å². The number of halogens is 4. The van der Waals surface area contributed by atoms with Crippen LogP contribution >= 0.6 is 11.6 Å². The summed E-state index contributed by atoms with van der Waals surface area (Å²) < 4.78 is 48.9. The van der Waals surface area contributed by atoms with E-state index in [0.29, 0.717) is 17.9 Å². The van der Waals surface area contributed by atoms with Gasteiger partial charge in [0.25, 0.3) is 5.91 Å². The minimum Gasteiger partial charge on any atom is -0.493 e. The highest BCUT2D eigenvalue weighted by molar-refractivity contribution is 6.36. The lowest BCUT2D eigenvalue weighted by atomic mass is 10.1. The second-order valence-electron chi connectivity index (χ2n) is 6.11. The number of rotatable bonds is 8. The third kappa shape index (κ3) is 6.12. The molecular weight excluding hydrogens is 411 g/mol. The number of alkyl halides is 3. The summed E-state index contributed by atoms with van der Waals surface area (Å²) in [5.74, 6) is -0.495. The quantitative estimate of drug-likeness (QED) is 0.639. The SMILES string of the molecule is COc1ccc(CCC(=O)C(=O)NCc2ccc(Cl)c(C(F)(F)F)c2)cc1OC. The third-order valence-corrected chi connectivity index (χ3v) is 4.46. The molecular formula is C20H19ClF3NO4. The minimum absolute atomic E-state index is 0.0598. The molecule has 5 nitrogen and oxygen atoms in total. The second-order valence-corrected chi connectivity index (χ2v) is 6.51. The number of ether oxygens (including phenoxy) is 2. The number of aryl methyl sites for hydroxylation is 1. The number of carbonyl (C=O) groups is 2. The summed E-state index contributed by atoms with van der Waals surface area (Å²) in [6, 6.07) is 8.44. The van der Waals surface area contributed by atoms with Crippen molar-refractivity contribution < 1.29 is 32.2 Å². The van der Waals surface area contributed by atoms with Gasteiger partial charge in [-0.3, -0.25) is 9.59 Å². The molecule has 0 fully saturated rings. The molecule has 0 radical (unpaired) electrons. The van der Waals surface area contributed by atoms with Crippen LogP contribution in [0.3, 0.4) is 0 Å². The number of hydrogen-bond donors (Lipinski definition) is 1. The number of ketones is 1. The van der Waals surface area contributed by atoms with E-state index >= 15 is 0 Å². The van der Waals surface area contributed by atoms with Gasteiger partial charge >= 0.3 is 6.18 Å². The van der Waals surface area contributed by atoms with Crippen molar-refractivity contribution in [3.8, 4) is 11.5 Å². The number of nitrogens with one attached hydrogen (secondary N) is 1. The van der Waals surface area contributed by atoms with Crippen LogP contribution in [0, 0.1) is 0 Å². The average molecular weight is 430 g/mol. The molecule has 0 saturated heterocycles. The van der Waals surface area contributed by atoms with Gasteiger partial charge in [0.2, 0.25) is 5.78 Å². The van der Waals surface area contributed by atoms with Crippen molar-refractivity contribution in [3.63, 3.8) is 0 Å². The van der Waals surface area contributed by atoms with Gasteiger partial charge in [0.15, 0.2) is 11.5 Å².